The number of hydrogen-bond donors (Lipinski definition) is 1. The summed E-state index contributed by atoms with van der Waals surface area (Å²) in [6, 6.07) is 3.93. The van der Waals surface area contributed by atoms with E-state index in [1.807, 2.05) is 11.8 Å². The number of rotatable bonds is 5. The second kappa shape index (κ2) is 6.53. The Morgan fingerprint density at radius 2 is 2.28 bits per heavy atom. The Hall–Kier alpha value is -0.610. The quantitative estimate of drug-likeness (QED) is 0.875. The van der Waals surface area contributed by atoms with Crippen molar-refractivity contribution in [2.24, 2.45) is 5.92 Å². The topological polar surface area (TPSA) is 12.0 Å². The van der Waals surface area contributed by atoms with Crippen molar-refractivity contribution in [3.8, 4) is 0 Å². The van der Waals surface area contributed by atoms with Gasteiger partial charge in [0.05, 0.1) is 0 Å². The Kier molecular flexibility index (Phi) is 5.01. The van der Waals surface area contributed by atoms with Gasteiger partial charge in [-0.15, -0.1) is 0 Å². The molecule has 1 aromatic carbocycles. The van der Waals surface area contributed by atoms with Crippen molar-refractivity contribution in [1.29, 1.82) is 0 Å². The minimum Gasteiger partial charge on any atom is -0.310 e. The highest BCUT2D eigenvalue weighted by Crippen LogP contribution is 2.35. The van der Waals surface area contributed by atoms with Gasteiger partial charge in [0, 0.05) is 17.7 Å². The molecule has 1 saturated heterocycles. The van der Waals surface area contributed by atoms with Gasteiger partial charge in [-0.05, 0) is 42.9 Å². The average Bonchev–Trinajstić information content (AvgIpc) is 2.85. The molecule has 100 valence electrons. The first kappa shape index (κ1) is 13.8. The largest absolute Gasteiger partial charge is 0.310 e. The summed E-state index contributed by atoms with van der Waals surface area (Å²) < 4.78 is 26.9. The lowest BCUT2D eigenvalue weighted by Crippen LogP contribution is -2.30. The lowest BCUT2D eigenvalue weighted by molar-refractivity contribution is 0.380. The minimum atomic E-state index is -0.508. The van der Waals surface area contributed by atoms with Crippen LogP contribution in [0, 0.1) is 17.6 Å². The van der Waals surface area contributed by atoms with Gasteiger partial charge in [0.15, 0.2) is 0 Å². The molecule has 0 bridgehead atoms. The van der Waals surface area contributed by atoms with Gasteiger partial charge >= 0.3 is 0 Å². The van der Waals surface area contributed by atoms with Crippen LogP contribution in [0.15, 0.2) is 18.2 Å². The van der Waals surface area contributed by atoms with Gasteiger partial charge in [-0.2, -0.15) is 11.8 Å². The maximum absolute atomic E-state index is 13.9. The van der Waals surface area contributed by atoms with Crippen LogP contribution in [0.4, 0.5) is 8.78 Å². The molecule has 0 aliphatic carbocycles. The van der Waals surface area contributed by atoms with Crippen molar-refractivity contribution in [2.45, 2.75) is 25.8 Å². The highest BCUT2D eigenvalue weighted by atomic mass is 32.2. The van der Waals surface area contributed by atoms with Crippen molar-refractivity contribution in [1.82, 2.24) is 5.32 Å². The van der Waals surface area contributed by atoms with E-state index in [4.69, 9.17) is 0 Å². The third kappa shape index (κ3) is 3.23. The van der Waals surface area contributed by atoms with Gasteiger partial charge in [0.1, 0.15) is 11.6 Å². The van der Waals surface area contributed by atoms with Crippen LogP contribution in [0.3, 0.4) is 0 Å². The van der Waals surface area contributed by atoms with Gasteiger partial charge in [0.25, 0.3) is 0 Å². The molecule has 0 radical (unpaired) electrons. The summed E-state index contributed by atoms with van der Waals surface area (Å²) >= 11 is 1.91. The second-order valence-electron chi connectivity index (χ2n) is 4.72. The van der Waals surface area contributed by atoms with Gasteiger partial charge in [-0.25, -0.2) is 8.78 Å². The number of nitrogens with one attached hydrogen (secondary N) is 1. The minimum absolute atomic E-state index is 0.0144. The van der Waals surface area contributed by atoms with Crippen molar-refractivity contribution in [3.05, 3.63) is 35.4 Å². The lowest BCUT2D eigenvalue weighted by atomic mass is 9.92. The molecule has 4 heteroatoms. The Labute approximate surface area is 111 Å². The molecule has 0 amide bonds. The number of hydrogen-bond acceptors (Lipinski definition) is 2. The van der Waals surface area contributed by atoms with Crippen molar-refractivity contribution >= 4 is 11.8 Å². The van der Waals surface area contributed by atoms with E-state index in [-0.39, 0.29) is 6.04 Å². The number of benzene rings is 1. The first-order valence-electron chi connectivity index (χ1n) is 6.48. The van der Waals surface area contributed by atoms with Gasteiger partial charge in [-0.1, -0.05) is 13.0 Å². The molecule has 2 unspecified atom stereocenters. The van der Waals surface area contributed by atoms with E-state index in [0.717, 1.165) is 37.0 Å². The molecule has 1 N–H and O–H groups in total. The molecule has 1 fully saturated rings. The van der Waals surface area contributed by atoms with E-state index in [2.05, 4.69) is 12.2 Å². The Morgan fingerprint density at radius 3 is 2.89 bits per heavy atom. The van der Waals surface area contributed by atoms with Crippen LogP contribution >= 0.6 is 11.8 Å². The van der Waals surface area contributed by atoms with E-state index in [0.29, 0.717) is 11.5 Å². The highest BCUT2D eigenvalue weighted by molar-refractivity contribution is 7.99. The number of thioether (sulfide) groups is 1. The molecule has 1 nitrogen and oxygen atoms in total. The van der Waals surface area contributed by atoms with Gasteiger partial charge in [0.2, 0.25) is 0 Å². The molecular formula is C14H19F2NS. The molecule has 1 heterocycles. The maximum atomic E-state index is 13.9. The average molecular weight is 271 g/mol. The summed E-state index contributed by atoms with van der Waals surface area (Å²) in [4.78, 5) is 0. The van der Waals surface area contributed by atoms with E-state index < -0.39 is 11.6 Å². The summed E-state index contributed by atoms with van der Waals surface area (Å²) in [7, 11) is 0. The van der Waals surface area contributed by atoms with E-state index in [1.54, 1.807) is 6.07 Å². The molecule has 1 aliphatic heterocycles. The van der Waals surface area contributed by atoms with E-state index >= 15 is 0 Å². The van der Waals surface area contributed by atoms with Crippen molar-refractivity contribution in [3.63, 3.8) is 0 Å². The van der Waals surface area contributed by atoms with Crippen LogP contribution in [0.25, 0.3) is 0 Å². The maximum Gasteiger partial charge on any atom is 0.130 e. The summed E-state index contributed by atoms with van der Waals surface area (Å²) in [5.74, 6) is 1.70. The molecule has 0 saturated carbocycles. The van der Waals surface area contributed by atoms with Gasteiger partial charge < -0.3 is 5.32 Å². The summed E-state index contributed by atoms with van der Waals surface area (Å²) in [6.07, 6.45) is 2.11. The SMILES string of the molecule is CCCNC(c1ccc(F)cc1F)C1CCSC1. The van der Waals surface area contributed by atoms with Crippen molar-refractivity contribution in [2.75, 3.05) is 18.1 Å². The fraction of sp³-hybridized carbons (Fsp3) is 0.571. The highest BCUT2D eigenvalue weighted by Gasteiger charge is 2.28. The summed E-state index contributed by atoms with van der Waals surface area (Å²) in [5, 5.41) is 3.41. The molecule has 2 atom stereocenters. The zero-order valence-corrected chi connectivity index (χ0v) is 11.4. The van der Waals surface area contributed by atoms with Crippen LogP contribution in [0.5, 0.6) is 0 Å². The molecular weight excluding hydrogens is 252 g/mol. The molecule has 1 aromatic rings. The zero-order chi connectivity index (χ0) is 13.0. The third-order valence-electron chi connectivity index (χ3n) is 3.35. The van der Waals surface area contributed by atoms with Crippen LogP contribution < -0.4 is 5.32 Å². The van der Waals surface area contributed by atoms with Crippen LogP contribution in [-0.4, -0.2) is 18.1 Å². The second-order valence-corrected chi connectivity index (χ2v) is 5.87. The normalized spacial score (nSPS) is 21.2. The van der Waals surface area contributed by atoms with E-state index in [9.17, 15) is 8.78 Å². The van der Waals surface area contributed by atoms with Crippen LogP contribution in [-0.2, 0) is 0 Å². The molecule has 18 heavy (non-hydrogen) atoms. The van der Waals surface area contributed by atoms with Crippen LogP contribution in [0.2, 0.25) is 0 Å². The first-order chi connectivity index (χ1) is 8.72. The molecule has 1 aliphatic rings. The summed E-state index contributed by atoms with van der Waals surface area (Å²) in [5.41, 5.74) is 0.609. The standard InChI is InChI=1S/C14H19F2NS/c1-2-6-17-14(10-5-7-18-9-10)12-4-3-11(15)8-13(12)16/h3-4,8,10,14,17H,2,5-7,9H2,1H3. The smallest absolute Gasteiger partial charge is 0.130 e. The molecule has 0 spiro atoms. The molecule has 2 rings (SSSR count). The fourth-order valence-corrected chi connectivity index (χ4v) is 3.70. The lowest BCUT2D eigenvalue weighted by Gasteiger charge is -2.25. The monoisotopic (exact) mass is 271 g/mol. The summed E-state index contributed by atoms with van der Waals surface area (Å²) in [6.45, 7) is 2.96. The zero-order valence-electron chi connectivity index (χ0n) is 10.6. The Balaban J connectivity index is 2.20. The number of halogens is 2. The van der Waals surface area contributed by atoms with Crippen LogP contribution in [0.1, 0.15) is 31.4 Å². The fourth-order valence-electron chi connectivity index (χ4n) is 2.40. The van der Waals surface area contributed by atoms with Crippen molar-refractivity contribution < 1.29 is 8.78 Å². The van der Waals surface area contributed by atoms with E-state index in [1.165, 1.54) is 6.07 Å². The third-order valence-corrected chi connectivity index (χ3v) is 4.54. The Bertz CT molecular complexity index is 391. The first-order valence-corrected chi connectivity index (χ1v) is 7.64. The predicted molar refractivity (Wildman–Crippen MR) is 72.8 cm³/mol. The van der Waals surface area contributed by atoms with Gasteiger partial charge in [-0.3, -0.25) is 0 Å². The predicted octanol–water partition coefficient (Wildman–Crippen LogP) is 3.76. The Morgan fingerprint density at radius 1 is 1.44 bits per heavy atom. The molecule has 0 aromatic heterocycles.